The SMILES string of the molecule is CCCCOCC(=O)N[C@@H](C)c1cc(F)ccc1N1CCOCC1. The summed E-state index contributed by atoms with van der Waals surface area (Å²) in [6.07, 6.45) is 1.97. The van der Waals surface area contributed by atoms with E-state index in [1.165, 1.54) is 12.1 Å². The van der Waals surface area contributed by atoms with Crippen LogP contribution in [0.3, 0.4) is 0 Å². The zero-order chi connectivity index (χ0) is 17.4. The summed E-state index contributed by atoms with van der Waals surface area (Å²) < 4.78 is 24.4. The molecule has 1 atom stereocenters. The van der Waals surface area contributed by atoms with Gasteiger partial charge in [0.1, 0.15) is 12.4 Å². The third-order valence-electron chi connectivity index (χ3n) is 4.06. The van der Waals surface area contributed by atoms with Gasteiger partial charge in [-0.3, -0.25) is 4.79 Å². The minimum absolute atomic E-state index is 0.0343. The first-order valence-corrected chi connectivity index (χ1v) is 8.61. The molecule has 24 heavy (non-hydrogen) atoms. The molecule has 1 fully saturated rings. The molecule has 0 bridgehead atoms. The first-order chi connectivity index (χ1) is 11.6. The first-order valence-electron chi connectivity index (χ1n) is 8.61. The molecule has 0 aromatic heterocycles. The van der Waals surface area contributed by atoms with Crippen molar-refractivity contribution in [2.24, 2.45) is 0 Å². The maximum absolute atomic E-state index is 13.7. The summed E-state index contributed by atoms with van der Waals surface area (Å²) in [6.45, 7) is 7.39. The monoisotopic (exact) mass is 338 g/mol. The molecule has 0 radical (unpaired) electrons. The van der Waals surface area contributed by atoms with E-state index in [4.69, 9.17) is 9.47 Å². The van der Waals surface area contributed by atoms with E-state index in [1.807, 2.05) is 6.92 Å². The van der Waals surface area contributed by atoms with Crippen molar-refractivity contribution in [1.82, 2.24) is 5.32 Å². The molecule has 1 aliphatic rings. The smallest absolute Gasteiger partial charge is 0.246 e. The second-order valence-electron chi connectivity index (χ2n) is 6.00. The van der Waals surface area contributed by atoms with Crippen LogP contribution in [-0.2, 0) is 14.3 Å². The summed E-state index contributed by atoms with van der Waals surface area (Å²) in [5, 5.41) is 2.89. The van der Waals surface area contributed by atoms with E-state index in [2.05, 4.69) is 17.1 Å². The van der Waals surface area contributed by atoms with E-state index in [9.17, 15) is 9.18 Å². The van der Waals surface area contributed by atoms with E-state index in [1.54, 1.807) is 6.07 Å². The molecule has 0 saturated carbocycles. The van der Waals surface area contributed by atoms with Gasteiger partial charge in [0.15, 0.2) is 0 Å². The Morgan fingerprint density at radius 1 is 1.42 bits per heavy atom. The standard InChI is InChI=1S/C18H27FN2O3/c1-3-4-9-24-13-18(22)20-14(2)16-12-15(19)5-6-17(16)21-7-10-23-11-8-21/h5-6,12,14H,3-4,7-11,13H2,1-2H3,(H,20,22)/t14-/m0/s1. The second-order valence-corrected chi connectivity index (χ2v) is 6.00. The molecular weight excluding hydrogens is 311 g/mol. The van der Waals surface area contributed by atoms with Crippen LogP contribution in [0.2, 0.25) is 0 Å². The van der Waals surface area contributed by atoms with Gasteiger partial charge < -0.3 is 19.7 Å². The van der Waals surface area contributed by atoms with Crippen LogP contribution in [0.5, 0.6) is 0 Å². The quantitative estimate of drug-likeness (QED) is 0.741. The fourth-order valence-corrected chi connectivity index (χ4v) is 2.74. The van der Waals surface area contributed by atoms with Crippen LogP contribution in [0.15, 0.2) is 18.2 Å². The summed E-state index contributed by atoms with van der Waals surface area (Å²) in [4.78, 5) is 14.2. The number of hydrogen-bond acceptors (Lipinski definition) is 4. The third-order valence-corrected chi connectivity index (χ3v) is 4.06. The molecule has 1 amide bonds. The Bertz CT molecular complexity index is 533. The van der Waals surface area contributed by atoms with Gasteiger partial charge in [-0.2, -0.15) is 0 Å². The number of benzene rings is 1. The maximum Gasteiger partial charge on any atom is 0.246 e. The largest absolute Gasteiger partial charge is 0.378 e. The number of hydrogen-bond donors (Lipinski definition) is 1. The molecular formula is C18H27FN2O3. The fourth-order valence-electron chi connectivity index (χ4n) is 2.74. The van der Waals surface area contributed by atoms with Crippen molar-refractivity contribution in [2.75, 3.05) is 44.4 Å². The number of anilines is 1. The van der Waals surface area contributed by atoms with Gasteiger partial charge in [0.2, 0.25) is 5.91 Å². The van der Waals surface area contributed by atoms with Gasteiger partial charge in [-0.15, -0.1) is 0 Å². The van der Waals surface area contributed by atoms with Gasteiger partial charge in [0.25, 0.3) is 0 Å². The van der Waals surface area contributed by atoms with Gasteiger partial charge in [0.05, 0.1) is 19.3 Å². The van der Waals surface area contributed by atoms with Crippen LogP contribution in [0.4, 0.5) is 10.1 Å². The number of carbonyl (C=O) groups excluding carboxylic acids is 1. The van der Waals surface area contributed by atoms with Crippen LogP contribution in [0.1, 0.15) is 38.3 Å². The molecule has 0 aliphatic carbocycles. The van der Waals surface area contributed by atoms with Gasteiger partial charge in [0, 0.05) is 30.9 Å². The highest BCUT2D eigenvalue weighted by Crippen LogP contribution is 2.28. The normalized spacial score (nSPS) is 16.0. The van der Waals surface area contributed by atoms with Crippen LogP contribution in [0, 0.1) is 5.82 Å². The first kappa shape index (κ1) is 18.7. The van der Waals surface area contributed by atoms with E-state index in [0.29, 0.717) is 19.8 Å². The highest BCUT2D eigenvalue weighted by atomic mass is 19.1. The molecule has 2 rings (SSSR count). The number of ether oxygens (including phenoxy) is 2. The van der Waals surface area contributed by atoms with Crippen LogP contribution in [0.25, 0.3) is 0 Å². The fraction of sp³-hybridized carbons (Fsp3) is 0.611. The highest BCUT2D eigenvalue weighted by molar-refractivity contribution is 5.78. The van der Waals surface area contributed by atoms with Gasteiger partial charge in [-0.1, -0.05) is 13.3 Å². The minimum atomic E-state index is -0.303. The molecule has 1 heterocycles. The van der Waals surface area contributed by atoms with Crippen LogP contribution in [-0.4, -0.2) is 45.4 Å². The van der Waals surface area contributed by atoms with Crippen LogP contribution >= 0.6 is 0 Å². The Hall–Kier alpha value is -1.66. The zero-order valence-electron chi connectivity index (χ0n) is 14.5. The van der Waals surface area contributed by atoms with E-state index >= 15 is 0 Å². The predicted molar refractivity (Wildman–Crippen MR) is 91.7 cm³/mol. The molecule has 134 valence electrons. The molecule has 1 aliphatic heterocycles. The predicted octanol–water partition coefficient (Wildman–Crippen LogP) is 2.66. The number of carbonyl (C=O) groups is 1. The number of amides is 1. The van der Waals surface area contributed by atoms with Crippen molar-refractivity contribution in [3.8, 4) is 0 Å². The lowest BCUT2D eigenvalue weighted by Crippen LogP contribution is -2.38. The zero-order valence-corrected chi connectivity index (χ0v) is 14.5. The molecule has 0 unspecified atom stereocenters. The molecule has 0 spiro atoms. The second kappa shape index (κ2) is 9.59. The Balaban J connectivity index is 2.00. The number of rotatable bonds is 8. The molecule has 1 saturated heterocycles. The van der Waals surface area contributed by atoms with E-state index < -0.39 is 0 Å². The molecule has 5 nitrogen and oxygen atoms in total. The topological polar surface area (TPSA) is 50.8 Å². The van der Waals surface area contributed by atoms with Gasteiger partial charge in [-0.05, 0) is 31.5 Å². The number of nitrogens with one attached hydrogen (secondary N) is 1. The van der Waals surface area contributed by atoms with Crippen molar-refractivity contribution < 1.29 is 18.7 Å². The molecule has 1 aromatic rings. The number of unbranched alkanes of at least 4 members (excludes halogenated alkanes) is 1. The van der Waals surface area contributed by atoms with Crippen LogP contribution < -0.4 is 10.2 Å². The average molecular weight is 338 g/mol. The number of morpholine rings is 1. The van der Waals surface area contributed by atoms with Crippen molar-refractivity contribution >= 4 is 11.6 Å². The van der Waals surface area contributed by atoms with E-state index in [0.717, 1.165) is 37.2 Å². The number of nitrogens with zero attached hydrogens (tertiary/aromatic N) is 1. The van der Waals surface area contributed by atoms with Crippen molar-refractivity contribution in [2.45, 2.75) is 32.7 Å². The Morgan fingerprint density at radius 3 is 2.88 bits per heavy atom. The number of halogens is 1. The summed E-state index contributed by atoms with van der Waals surface area (Å²) in [5.41, 5.74) is 1.72. The summed E-state index contributed by atoms with van der Waals surface area (Å²) >= 11 is 0. The van der Waals surface area contributed by atoms with Crippen molar-refractivity contribution in [1.29, 1.82) is 0 Å². The summed E-state index contributed by atoms with van der Waals surface area (Å²) in [5.74, 6) is -0.488. The Kier molecular flexibility index (Phi) is 7.46. The Labute approximate surface area is 143 Å². The molecule has 1 aromatic carbocycles. The average Bonchev–Trinajstić information content (AvgIpc) is 2.59. The Morgan fingerprint density at radius 2 is 2.17 bits per heavy atom. The van der Waals surface area contributed by atoms with Crippen molar-refractivity contribution in [3.63, 3.8) is 0 Å². The summed E-state index contributed by atoms with van der Waals surface area (Å²) in [6, 6.07) is 4.43. The lowest BCUT2D eigenvalue weighted by molar-refractivity contribution is -0.126. The maximum atomic E-state index is 13.7. The lowest BCUT2D eigenvalue weighted by atomic mass is 10.0. The third kappa shape index (κ3) is 5.46. The van der Waals surface area contributed by atoms with Gasteiger partial charge >= 0.3 is 0 Å². The van der Waals surface area contributed by atoms with Crippen molar-refractivity contribution in [3.05, 3.63) is 29.6 Å². The molecule has 6 heteroatoms. The van der Waals surface area contributed by atoms with E-state index in [-0.39, 0.29) is 24.4 Å². The minimum Gasteiger partial charge on any atom is -0.378 e. The highest BCUT2D eigenvalue weighted by Gasteiger charge is 2.20. The lowest BCUT2D eigenvalue weighted by Gasteiger charge is -2.32. The summed E-state index contributed by atoms with van der Waals surface area (Å²) in [7, 11) is 0. The van der Waals surface area contributed by atoms with Gasteiger partial charge in [-0.25, -0.2) is 4.39 Å². The molecule has 1 N–H and O–H groups in total.